The van der Waals surface area contributed by atoms with E-state index in [9.17, 15) is 9.18 Å². The van der Waals surface area contributed by atoms with Gasteiger partial charge in [0.1, 0.15) is 5.82 Å². The van der Waals surface area contributed by atoms with Gasteiger partial charge >= 0.3 is 0 Å². The van der Waals surface area contributed by atoms with E-state index in [1.165, 1.54) is 25.0 Å². The van der Waals surface area contributed by atoms with E-state index in [0.29, 0.717) is 23.2 Å². The average molecular weight is 330 g/mol. The maximum absolute atomic E-state index is 13.3. The number of hydrogen-bond donors (Lipinski definition) is 1. The number of ether oxygens (including phenoxy) is 1. The van der Waals surface area contributed by atoms with Crippen LogP contribution in [0.3, 0.4) is 0 Å². The molecule has 3 nitrogen and oxygen atoms in total. The third-order valence-corrected chi connectivity index (χ3v) is 3.63. The molecule has 1 aliphatic carbocycles. The summed E-state index contributed by atoms with van der Waals surface area (Å²) in [5, 5.41) is 2.75. The Bertz CT molecular complexity index is 449. The SMILES string of the molecule is O=C(NCCCOCC1CC1)c1ccc(Br)c(F)c1. The van der Waals surface area contributed by atoms with Crippen molar-refractivity contribution in [3.8, 4) is 0 Å². The first-order valence-corrected chi connectivity index (χ1v) is 7.27. The van der Waals surface area contributed by atoms with Crippen LogP contribution in [0, 0.1) is 11.7 Å². The fraction of sp³-hybridized carbons (Fsp3) is 0.500. The van der Waals surface area contributed by atoms with E-state index < -0.39 is 5.82 Å². The first-order valence-electron chi connectivity index (χ1n) is 6.48. The molecule has 1 aliphatic rings. The van der Waals surface area contributed by atoms with Crippen molar-refractivity contribution in [3.63, 3.8) is 0 Å². The number of carbonyl (C=O) groups excluding carboxylic acids is 1. The molecule has 0 spiro atoms. The summed E-state index contributed by atoms with van der Waals surface area (Å²) < 4.78 is 19.1. The maximum atomic E-state index is 13.3. The number of halogens is 2. The third-order valence-electron chi connectivity index (χ3n) is 2.98. The van der Waals surface area contributed by atoms with E-state index in [1.807, 2.05) is 0 Å². The highest BCUT2D eigenvalue weighted by Gasteiger charge is 2.20. The molecule has 1 fully saturated rings. The molecule has 1 saturated carbocycles. The minimum atomic E-state index is -0.430. The smallest absolute Gasteiger partial charge is 0.251 e. The summed E-state index contributed by atoms with van der Waals surface area (Å²) in [4.78, 5) is 11.7. The molecule has 0 heterocycles. The number of benzene rings is 1. The number of carbonyl (C=O) groups is 1. The molecule has 5 heteroatoms. The minimum absolute atomic E-state index is 0.256. The fourth-order valence-corrected chi connectivity index (χ4v) is 1.90. The topological polar surface area (TPSA) is 38.3 Å². The highest BCUT2D eigenvalue weighted by Crippen LogP contribution is 2.28. The van der Waals surface area contributed by atoms with E-state index in [2.05, 4.69) is 21.2 Å². The molecule has 1 aromatic rings. The van der Waals surface area contributed by atoms with Crippen LogP contribution in [0.15, 0.2) is 22.7 Å². The number of rotatable bonds is 7. The van der Waals surface area contributed by atoms with Crippen molar-refractivity contribution in [1.29, 1.82) is 0 Å². The molecule has 1 aromatic carbocycles. The van der Waals surface area contributed by atoms with Gasteiger partial charge in [-0.05, 0) is 59.3 Å². The number of nitrogens with one attached hydrogen (secondary N) is 1. The molecule has 0 unspecified atom stereocenters. The van der Waals surface area contributed by atoms with Crippen LogP contribution in [-0.2, 0) is 4.74 Å². The van der Waals surface area contributed by atoms with Crippen molar-refractivity contribution in [1.82, 2.24) is 5.32 Å². The molecule has 0 atom stereocenters. The van der Waals surface area contributed by atoms with Gasteiger partial charge in [-0.3, -0.25) is 4.79 Å². The third kappa shape index (κ3) is 4.91. The first kappa shape index (κ1) is 14.5. The lowest BCUT2D eigenvalue weighted by molar-refractivity contribution is 0.0937. The lowest BCUT2D eigenvalue weighted by Crippen LogP contribution is -2.25. The Morgan fingerprint density at radius 2 is 2.26 bits per heavy atom. The van der Waals surface area contributed by atoms with Gasteiger partial charge in [-0.1, -0.05) is 0 Å². The van der Waals surface area contributed by atoms with Crippen molar-refractivity contribution < 1.29 is 13.9 Å². The quantitative estimate of drug-likeness (QED) is 0.780. The molecule has 0 aliphatic heterocycles. The van der Waals surface area contributed by atoms with Crippen LogP contribution >= 0.6 is 15.9 Å². The highest BCUT2D eigenvalue weighted by molar-refractivity contribution is 9.10. The molecule has 1 N–H and O–H groups in total. The summed E-state index contributed by atoms with van der Waals surface area (Å²) in [5.41, 5.74) is 0.333. The lowest BCUT2D eigenvalue weighted by Gasteiger charge is -2.06. The molecule has 19 heavy (non-hydrogen) atoms. The second kappa shape index (κ2) is 7.01. The van der Waals surface area contributed by atoms with Crippen molar-refractivity contribution in [2.75, 3.05) is 19.8 Å². The molecule has 0 saturated heterocycles. The first-order chi connectivity index (χ1) is 9.16. The zero-order valence-electron chi connectivity index (χ0n) is 10.6. The van der Waals surface area contributed by atoms with Crippen LogP contribution < -0.4 is 5.32 Å². The predicted molar refractivity (Wildman–Crippen MR) is 74.6 cm³/mol. The van der Waals surface area contributed by atoms with Gasteiger partial charge < -0.3 is 10.1 Å². The fourth-order valence-electron chi connectivity index (χ4n) is 1.65. The Morgan fingerprint density at radius 1 is 1.47 bits per heavy atom. The second-order valence-electron chi connectivity index (χ2n) is 4.76. The van der Waals surface area contributed by atoms with Crippen LogP contribution in [0.5, 0.6) is 0 Å². The Kier molecular flexibility index (Phi) is 5.34. The van der Waals surface area contributed by atoms with Gasteiger partial charge in [-0.25, -0.2) is 4.39 Å². The second-order valence-corrected chi connectivity index (χ2v) is 5.61. The van der Waals surface area contributed by atoms with Gasteiger partial charge in [0.25, 0.3) is 5.91 Å². The van der Waals surface area contributed by atoms with Gasteiger partial charge in [0, 0.05) is 25.3 Å². The summed E-state index contributed by atoms with van der Waals surface area (Å²) in [6.07, 6.45) is 3.34. The molecule has 2 rings (SSSR count). The molecule has 104 valence electrons. The minimum Gasteiger partial charge on any atom is -0.381 e. The summed E-state index contributed by atoms with van der Waals surface area (Å²) >= 11 is 3.05. The molecule has 0 aromatic heterocycles. The van der Waals surface area contributed by atoms with E-state index in [1.54, 1.807) is 6.07 Å². The average Bonchev–Trinajstić information content (AvgIpc) is 3.20. The standard InChI is InChI=1S/C14H17BrFNO2/c15-12-5-4-11(8-13(12)16)14(18)17-6-1-7-19-9-10-2-3-10/h4-5,8,10H,1-3,6-7,9H2,(H,17,18). The molecule has 0 radical (unpaired) electrons. The maximum Gasteiger partial charge on any atom is 0.251 e. The van der Waals surface area contributed by atoms with Crippen molar-refractivity contribution >= 4 is 21.8 Å². The van der Waals surface area contributed by atoms with Crippen LogP contribution in [0.25, 0.3) is 0 Å². The van der Waals surface area contributed by atoms with Crippen molar-refractivity contribution in [2.24, 2.45) is 5.92 Å². The zero-order valence-corrected chi connectivity index (χ0v) is 12.2. The van der Waals surface area contributed by atoms with Gasteiger partial charge in [-0.15, -0.1) is 0 Å². The summed E-state index contributed by atoms with van der Waals surface area (Å²) in [6.45, 7) is 2.04. The Labute approximate surface area is 120 Å². The van der Waals surface area contributed by atoms with Crippen molar-refractivity contribution in [3.05, 3.63) is 34.1 Å². The normalized spacial score (nSPS) is 14.4. The predicted octanol–water partition coefficient (Wildman–Crippen LogP) is 3.13. The summed E-state index contributed by atoms with van der Waals surface area (Å²) in [6, 6.07) is 4.35. The Balaban J connectivity index is 1.63. The van der Waals surface area contributed by atoms with Crippen LogP contribution in [0.1, 0.15) is 29.6 Å². The van der Waals surface area contributed by atoms with Gasteiger partial charge in [0.15, 0.2) is 0 Å². The summed E-state index contributed by atoms with van der Waals surface area (Å²) in [5.74, 6) is 0.0781. The van der Waals surface area contributed by atoms with Crippen LogP contribution in [-0.4, -0.2) is 25.7 Å². The molecule has 0 bridgehead atoms. The van der Waals surface area contributed by atoms with Crippen LogP contribution in [0.2, 0.25) is 0 Å². The molecular formula is C14H17BrFNO2. The zero-order chi connectivity index (χ0) is 13.7. The van der Waals surface area contributed by atoms with Gasteiger partial charge in [0.05, 0.1) is 4.47 Å². The summed E-state index contributed by atoms with van der Waals surface area (Å²) in [7, 11) is 0. The monoisotopic (exact) mass is 329 g/mol. The van der Waals surface area contributed by atoms with E-state index in [0.717, 1.165) is 18.9 Å². The Morgan fingerprint density at radius 3 is 2.95 bits per heavy atom. The van der Waals surface area contributed by atoms with Gasteiger partial charge in [0.2, 0.25) is 0 Å². The molecular weight excluding hydrogens is 313 g/mol. The number of hydrogen-bond acceptors (Lipinski definition) is 2. The van der Waals surface area contributed by atoms with E-state index >= 15 is 0 Å². The van der Waals surface area contributed by atoms with E-state index in [-0.39, 0.29) is 5.91 Å². The van der Waals surface area contributed by atoms with Crippen molar-refractivity contribution in [2.45, 2.75) is 19.3 Å². The molecule has 1 amide bonds. The lowest BCUT2D eigenvalue weighted by atomic mass is 10.2. The largest absolute Gasteiger partial charge is 0.381 e. The Hall–Kier alpha value is -0.940. The van der Waals surface area contributed by atoms with E-state index in [4.69, 9.17) is 4.74 Å². The highest BCUT2D eigenvalue weighted by atomic mass is 79.9. The van der Waals surface area contributed by atoms with Crippen LogP contribution in [0.4, 0.5) is 4.39 Å². The van der Waals surface area contributed by atoms with Gasteiger partial charge in [-0.2, -0.15) is 0 Å². The number of amides is 1.